The van der Waals surface area contributed by atoms with Gasteiger partial charge < -0.3 is 19.4 Å². The van der Waals surface area contributed by atoms with Gasteiger partial charge in [-0.2, -0.15) is 0 Å². The number of imidazole rings is 1. The molecule has 0 spiro atoms. The SMILES string of the molecule is COc1cc(C)c(-c2cn3ccc(N4CCCNCC4)cc3n2)cc1C. The second kappa shape index (κ2) is 7.00. The number of aromatic nitrogens is 2. The molecule has 1 N–H and O–H groups in total. The minimum absolute atomic E-state index is 0.923. The second-order valence-corrected chi connectivity index (χ2v) is 7.00. The van der Waals surface area contributed by atoms with Crippen molar-refractivity contribution >= 4 is 11.3 Å². The molecule has 0 radical (unpaired) electrons. The zero-order valence-corrected chi connectivity index (χ0v) is 15.7. The third-order valence-electron chi connectivity index (χ3n) is 5.17. The van der Waals surface area contributed by atoms with Crippen LogP contribution in [0.15, 0.2) is 36.7 Å². The van der Waals surface area contributed by atoms with Crippen molar-refractivity contribution < 1.29 is 4.74 Å². The molecule has 136 valence electrons. The number of nitrogens with zero attached hydrogens (tertiary/aromatic N) is 3. The zero-order chi connectivity index (χ0) is 18.1. The predicted octanol–water partition coefficient (Wildman–Crippen LogP) is 3.43. The van der Waals surface area contributed by atoms with Crippen LogP contribution < -0.4 is 15.0 Å². The monoisotopic (exact) mass is 350 g/mol. The molecule has 0 amide bonds. The summed E-state index contributed by atoms with van der Waals surface area (Å²) in [5, 5.41) is 3.46. The molecule has 3 heterocycles. The van der Waals surface area contributed by atoms with Gasteiger partial charge in [-0.3, -0.25) is 0 Å². The molecule has 5 heteroatoms. The number of methoxy groups -OCH3 is 1. The molecule has 0 bridgehead atoms. The molecule has 0 unspecified atom stereocenters. The summed E-state index contributed by atoms with van der Waals surface area (Å²) in [5.41, 5.74) is 6.71. The molecule has 4 rings (SSSR count). The molecule has 1 aromatic carbocycles. The summed E-state index contributed by atoms with van der Waals surface area (Å²) >= 11 is 0. The van der Waals surface area contributed by atoms with Gasteiger partial charge in [0, 0.05) is 49.3 Å². The van der Waals surface area contributed by atoms with E-state index in [1.54, 1.807) is 7.11 Å². The first-order valence-corrected chi connectivity index (χ1v) is 9.26. The van der Waals surface area contributed by atoms with Crippen LogP contribution in [0.1, 0.15) is 17.5 Å². The number of ether oxygens (including phenoxy) is 1. The van der Waals surface area contributed by atoms with E-state index in [9.17, 15) is 0 Å². The van der Waals surface area contributed by atoms with E-state index in [-0.39, 0.29) is 0 Å². The van der Waals surface area contributed by atoms with Gasteiger partial charge in [0.15, 0.2) is 0 Å². The summed E-state index contributed by atoms with van der Waals surface area (Å²) < 4.78 is 7.54. The number of hydrogen-bond donors (Lipinski definition) is 1. The summed E-state index contributed by atoms with van der Waals surface area (Å²) in [7, 11) is 1.71. The first kappa shape index (κ1) is 16.9. The molecule has 2 aromatic heterocycles. The number of rotatable bonds is 3. The number of aryl methyl sites for hydroxylation is 2. The summed E-state index contributed by atoms with van der Waals surface area (Å²) in [5.74, 6) is 0.923. The van der Waals surface area contributed by atoms with Crippen LogP contribution in [-0.4, -0.2) is 42.7 Å². The number of pyridine rings is 1. The quantitative estimate of drug-likeness (QED) is 0.786. The van der Waals surface area contributed by atoms with Crippen LogP contribution in [0.2, 0.25) is 0 Å². The van der Waals surface area contributed by atoms with Crippen molar-refractivity contribution in [2.75, 3.05) is 38.2 Å². The smallest absolute Gasteiger partial charge is 0.139 e. The van der Waals surface area contributed by atoms with Gasteiger partial charge in [-0.05, 0) is 56.1 Å². The molecule has 0 atom stereocenters. The Morgan fingerprint density at radius 1 is 1.08 bits per heavy atom. The molecular weight excluding hydrogens is 324 g/mol. The fourth-order valence-electron chi connectivity index (χ4n) is 3.69. The maximum atomic E-state index is 5.43. The zero-order valence-electron chi connectivity index (χ0n) is 15.7. The molecule has 5 nitrogen and oxygen atoms in total. The van der Waals surface area contributed by atoms with Crippen molar-refractivity contribution in [2.24, 2.45) is 0 Å². The van der Waals surface area contributed by atoms with Gasteiger partial charge in [-0.15, -0.1) is 0 Å². The molecule has 0 aliphatic carbocycles. The average Bonchev–Trinajstić information content (AvgIpc) is 2.87. The summed E-state index contributed by atoms with van der Waals surface area (Å²) in [6, 6.07) is 8.64. The lowest BCUT2D eigenvalue weighted by molar-refractivity contribution is 0.411. The highest BCUT2D eigenvalue weighted by atomic mass is 16.5. The molecule has 0 saturated carbocycles. The first-order valence-electron chi connectivity index (χ1n) is 9.26. The van der Waals surface area contributed by atoms with Crippen molar-refractivity contribution in [3.63, 3.8) is 0 Å². The second-order valence-electron chi connectivity index (χ2n) is 7.00. The third kappa shape index (κ3) is 3.15. The number of anilines is 1. The van der Waals surface area contributed by atoms with Crippen molar-refractivity contribution in [3.05, 3.63) is 47.8 Å². The van der Waals surface area contributed by atoms with E-state index in [0.717, 1.165) is 54.4 Å². The fourth-order valence-corrected chi connectivity index (χ4v) is 3.69. The highest BCUT2D eigenvalue weighted by Crippen LogP contribution is 2.30. The third-order valence-corrected chi connectivity index (χ3v) is 5.17. The van der Waals surface area contributed by atoms with Gasteiger partial charge in [0.05, 0.1) is 12.8 Å². The largest absolute Gasteiger partial charge is 0.496 e. The fraction of sp³-hybridized carbons (Fsp3) is 0.381. The van der Waals surface area contributed by atoms with Crippen molar-refractivity contribution in [1.82, 2.24) is 14.7 Å². The Kier molecular flexibility index (Phi) is 4.55. The molecule has 3 aromatic rings. The number of benzene rings is 1. The lowest BCUT2D eigenvalue weighted by Gasteiger charge is -2.22. The van der Waals surface area contributed by atoms with Crippen LogP contribution in [0.5, 0.6) is 5.75 Å². The highest BCUT2D eigenvalue weighted by molar-refractivity contribution is 5.70. The maximum Gasteiger partial charge on any atom is 0.139 e. The van der Waals surface area contributed by atoms with E-state index < -0.39 is 0 Å². The summed E-state index contributed by atoms with van der Waals surface area (Å²) in [6.45, 7) is 8.45. The molecule has 1 saturated heterocycles. The van der Waals surface area contributed by atoms with Crippen LogP contribution in [0.4, 0.5) is 5.69 Å². The molecule has 1 aliphatic heterocycles. The van der Waals surface area contributed by atoms with Gasteiger partial charge in [-0.25, -0.2) is 4.98 Å². The topological polar surface area (TPSA) is 41.8 Å². The van der Waals surface area contributed by atoms with Crippen molar-refractivity contribution in [1.29, 1.82) is 0 Å². The molecule has 1 fully saturated rings. The normalized spacial score (nSPS) is 15.3. The van der Waals surface area contributed by atoms with Gasteiger partial charge in [0.1, 0.15) is 11.4 Å². The summed E-state index contributed by atoms with van der Waals surface area (Å²) in [4.78, 5) is 7.34. The van der Waals surface area contributed by atoms with E-state index in [4.69, 9.17) is 9.72 Å². The minimum Gasteiger partial charge on any atom is -0.496 e. The highest BCUT2D eigenvalue weighted by Gasteiger charge is 2.13. The number of fused-ring (bicyclic) bond motifs is 1. The van der Waals surface area contributed by atoms with Crippen molar-refractivity contribution in [2.45, 2.75) is 20.3 Å². The lowest BCUT2D eigenvalue weighted by atomic mass is 10.0. The average molecular weight is 350 g/mol. The van der Waals surface area contributed by atoms with E-state index in [2.05, 4.69) is 65.1 Å². The first-order chi connectivity index (χ1) is 12.7. The maximum absolute atomic E-state index is 5.43. The Morgan fingerprint density at radius 2 is 1.96 bits per heavy atom. The number of nitrogens with one attached hydrogen (secondary N) is 1. The van der Waals surface area contributed by atoms with Crippen LogP contribution >= 0.6 is 0 Å². The van der Waals surface area contributed by atoms with Crippen molar-refractivity contribution in [3.8, 4) is 17.0 Å². The van der Waals surface area contributed by atoms with Crippen LogP contribution in [0.25, 0.3) is 16.9 Å². The Bertz CT molecular complexity index is 923. The van der Waals surface area contributed by atoms with Crippen LogP contribution in [0.3, 0.4) is 0 Å². The Hall–Kier alpha value is -2.53. The number of hydrogen-bond acceptors (Lipinski definition) is 4. The van der Waals surface area contributed by atoms with Gasteiger partial charge in [0.2, 0.25) is 0 Å². The van der Waals surface area contributed by atoms with E-state index in [0.29, 0.717) is 0 Å². The Labute approximate surface area is 154 Å². The Balaban J connectivity index is 1.71. The molecule has 1 aliphatic rings. The van der Waals surface area contributed by atoms with Gasteiger partial charge in [0.25, 0.3) is 0 Å². The lowest BCUT2D eigenvalue weighted by Crippen LogP contribution is -2.27. The van der Waals surface area contributed by atoms with E-state index in [1.807, 2.05) is 0 Å². The predicted molar refractivity (Wildman–Crippen MR) is 106 cm³/mol. The van der Waals surface area contributed by atoms with E-state index in [1.165, 1.54) is 17.7 Å². The standard InChI is InChI=1S/C21H26N4O/c1-15-12-20(26-3)16(2)11-18(15)19-14-25-9-5-17(13-21(25)23-19)24-8-4-6-22-7-10-24/h5,9,11-14,22H,4,6-8,10H2,1-3H3. The van der Waals surface area contributed by atoms with Gasteiger partial charge in [-0.1, -0.05) is 0 Å². The molecular formula is C21H26N4O. The Morgan fingerprint density at radius 3 is 2.81 bits per heavy atom. The molecule has 26 heavy (non-hydrogen) atoms. The van der Waals surface area contributed by atoms with E-state index >= 15 is 0 Å². The minimum atomic E-state index is 0.923. The van der Waals surface area contributed by atoms with Crippen LogP contribution in [0, 0.1) is 13.8 Å². The van der Waals surface area contributed by atoms with Gasteiger partial charge >= 0.3 is 0 Å². The summed E-state index contributed by atoms with van der Waals surface area (Å²) in [6.07, 6.45) is 5.40. The van der Waals surface area contributed by atoms with Crippen LogP contribution in [-0.2, 0) is 0 Å².